The molecule has 0 bridgehead atoms. The van der Waals surface area contributed by atoms with Crippen molar-refractivity contribution in [3.05, 3.63) is 29.8 Å². The lowest BCUT2D eigenvalue weighted by Crippen LogP contribution is -2.14. The molecular weight excluding hydrogens is 230 g/mol. The Balaban J connectivity index is 2.27. The third-order valence-corrected chi connectivity index (χ3v) is 3.68. The number of benzene rings is 1. The lowest BCUT2D eigenvalue weighted by Gasteiger charge is -2.15. The summed E-state index contributed by atoms with van der Waals surface area (Å²) in [6.07, 6.45) is 10.5. The highest BCUT2D eigenvalue weighted by Crippen LogP contribution is 2.15. The van der Waals surface area contributed by atoms with Gasteiger partial charge in [-0.3, -0.25) is 0 Å². The third kappa shape index (κ3) is 7.25. The van der Waals surface area contributed by atoms with Crippen LogP contribution in [0.4, 0.5) is 5.69 Å². The van der Waals surface area contributed by atoms with Crippen molar-refractivity contribution in [1.82, 2.24) is 0 Å². The number of nitrogens with one attached hydrogen (secondary N) is 1. The average Bonchev–Trinajstić information content (AvgIpc) is 2.43. The van der Waals surface area contributed by atoms with Crippen molar-refractivity contribution in [2.45, 2.75) is 78.2 Å². The minimum atomic E-state index is 0.582. The Labute approximate surface area is 119 Å². The van der Waals surface area contributed by atoms with Crippen LogP contribution in [-0.2, 0) is 6.42 Å². The zero-order chi connectivity index (χ0) is 13.9. The van der Waals surface area contributed by atoms with Gasteiger partial charge in [0.05, 0.1) is 0 Å². The molecule has 0 aliphatic heterocycles. The Morgan fingerprint density at radius 1 is 0.895 bits per heavy atom. The van der Waals surface area contributed by atoms with Crippen molar-refractivity contribution in [1.29, 1.82) is 0 Å². The highest BCUT2D eigenvalue weighted by molar-refractivity contribution is 5.45. The van der Waals surface area contributed by atoms with Crippen LogP contribution in [0.1, 0.15) is 71.3 Å². The molecule has 108 valence electrons. The standard InChI is InChI=1S/C18H31N/c1-4-6-8-9-10-16(3)19-18-14-12-17(13-15-18)11-7-5-2/h12-16,19H,4-11H2,1-3H3. The van der Waals surface area contributed by atoms with Crippen molar-refractivity contribution in [2.24, 2.45) is 0 Å². The molecule has 19 heavy (non-hydrogen) atoms. The second-order valence-electron chi connectivity index (χ2n) is 5.70. The van der Waals surface area contributed by atoms with E-state index in [0.29, 0.717) is 6.04 Å². The van der Waals surface area contributed by atoms with E-state index in [1.165, 1.54) is 62.6 Å². The van der Waals surface area contributed by atoms with Crippen molar-refractivity contribution >= 4 is 5.69 Å². The van der Waals surface area contributed by atoms with Gasteiger partial charge >= 0.3 is 0 Å². The van der Waals surface area contributed by atoms with Crippen LogP contribution in [-0.4, -0.2) is 6.04 Å². The average molecular weight is 261 g/mol. The Kier molecular flexibility index (Phi) is 8.36. The van der Waals surface area contributed by atoms with Gasteiger partial charge in [-0.05, 0) is 43.9 Å². The van der Waals surface area contributed by atoms with Gasteiger partial charge in [-0.25, -0.2) is 0 Å². The number of rotatable bonds is 10. The van der Waals surface area contributed by atoms with Crippen molar-refractivity contribution in [3.63, 3.8) is 0 Å². The Bertz CT molecular complexity index is 315. The van der Waals surface area contributed by atoms with E-state index < -0.39 is 0 Å². The summed E-state index contributed by atoms with van der Waals surface area (Å²) in [5.74, 6) is 0. The van der Waals surface area contributed by atoms with Crippen LogP contribution in [0.5, 0.6) is 0 Å². The van der Waals surface area contributed by atoms with E-state index in [-0.39, 0.29) is 0 Å². The number of aryl methyl sites for hydroxylation is 1. The van der Waals surface area contributed by atoms with Crippen molar-refractivity contribution < 1.29 is 0 Å². The molecule has 1 nitrogen and oxygen atoms in total. The van der Waals surface area contributed by atoms with Crippen LogP contribution in [0.25, 0.3) is 0 Å². The van der Waals surface area contributed by atoms with Gasteiger partial charge < -0.3 is 5.32 Å². The van der Waals surface area contributed by atoms with Gasteiger partial charge in [0.1, 0.15) is 0 Å². The molecule has 0 spiro atoms. The van der Waals surface area contributed by atoms with Gasteiger partial charge in [-0.2, -0.15) is 0 Å². The molecule has 0 aliphatic carbocycles. The number of hydrogen-bond acceptors (Lipinski definition) is 1. The van der Waals surface area contributed by atoms with E-state index in [9.17, 15) is 0 Å². The Morgan fingerprint density at radius 2 is 1.58 bits per heavy atom. The maximum absolute atomic E-state index is 3.60. The summed E-state index contributed by atoms with van der Waals surface area (Å²) < 4.78 is 0. The molecule has 1 aromatic carbocycles. The maximum Gasteiger partial charge on any atom is 0.0342 e. The Morgan fingerprint density at radius 3 is 2.21 bits per heavy atom. The first kappa shape index (κ1) is 16.1. The first-order chi connectivity index (χ1) is 9.26. The highest BCUT2D eigenvalue weighted by atomic mass is 14.9. The number of anilines is 1. The van der Waals surface area contributed by atoms with Gasteiger partial charge in [-0.1, -0.05) is 58.1 Å². The maximum atomic E-state index is 3.60. The fourth-order valence-electron chi connectivity index (χ4n) is 2.38. The van der Waals surface area contributed by atoms with E-state index in [1.54, 1.807) is 0 Å². The quantitative estimate of drug-likeness (QED) is 0.525. The van der Waals surface area contributed by atoms with Gasteiger partial charge in [0.15, 0.2) is 0 Å². The first-order valence-electron chi connectivity index (χ1n) is 8.11. The fourth-order valence-corrected chi connectivity index (χ4v) is 2.38. The van der Waals surface area contributed by atoms with E-state index >= 15 is 0 Å². The van der Waals surface area contributed by atoms with Crippen LogP contribution < -0.4 is 5.32 Å². The summed E-state index contributed by atoms with van der Waals surface area (Å²) in [7, 11) is 0. The molecule has 1 atom stereocenters. The molecule has 0 radical (unpaired) electrons. The molecular formula is C18H31N. The van der Waals surface area contributed by atoms with Crippen molar-refractivity contribution in [2.75, 3.05) is 5.32 Å². The van der Waals surface area contributed by atoms with Crippen LogP contribution in [0, 0.1) is 0 Å². The smallest absolute Gasteiger partial charge is 0.0342 e. The monoisotopic (exact) mass is 261 g/mol. The lowest BCUT2D eigenvalue weighted by atomic mass is 10.1. The third-order valence-electron chi connectivity index (χ3n) is 3.68. The first-order valence-corrected chi connectivity index (χ1v) is 8.11. The zero-order valence-corrected chi connectivity index (χ0v) is 13.0. The molecule has 0 saturated heterocycles. The lowest BCUT2D eigenvalue weighted by molar-refractivity contribution is 0.594. The van der Waals surface area contributed by atoms with Crippen molar-refractivity contribution in [3.8, 4) is 0 Å². The molecule has 1 rings (SSSR count). The molecule has 0 aliphatic rings. The molecule has 1 N–H and O–H groups in total. The molecule has 0 heterocycles. The SMILES string of the molecule is CCCCCCC(C)Nc1ccc(CCCC)cc1. The van der Waals surface area contributed by atoms with Crippen LogP contribution in [0.15, 0.2) is 24.3 Å². The second kappa shape index (κ2) is 9.89. The Hall–Kier alpha value is -0.980. The second-order valence-corrected chi connectivity index (χ2v) is 5.70. The van der Waals surface area contributed by atoms with Gasteiger partial charge in [0.2, 0.25) is 0 Å². The predicted molar refractivity (Wildman–Crippen MR) is 86.9 cm³/mol. The molecule has 0 saturated carbocycles. The summed E-state index contributed by atoms with van der Waals surface area (Å²) in [6, 6.07) is 9.57. The summed E-state index contributed by atoms with van der Waals surface area (Å²) in [4.78, 5) is 0. The number of hydrogen-bond donors (Lipinski definition) is 1. The van der Waals surface area contributed by atoms with Crippen LogP contribution in [0.2, 0.25) is 0 Å². The largest absolute Gasteiger partial charge is 0.383 e. The zero-order valence-electron chi connectivity index (χ0n) is 13.0. The van der Waals surface area contributed by atoms with Gasteiger partial charge in [0.25, 0.3) is 0 Å². The minimum Gasteiger partial charge on any atom is -0.383 e. The minimum absolute atomic E-state index is 0.582. The molecule has 0 amide bonds. The fraction of sp³-hybridized carbons (Fsp3) is 0.667. The topological polar surface area (TPSA) is 12.0 Å². The van der Waals surface area contributed by atoms with Crippen LogP contribution >= 0.6 is 0 Å². The summed E-state index contributed by atoms with van der Waals surface area (Å²) >= 11 is 0. The summed E-state index contributed by atoms with van der Waals surface area (Å²) in [5.41, 5.74) is 2.73. The van der Waals surface area contributed by atoms with Gasteiger partial charge in [-0.15, -0.1) is 0 Å². The molecule has 1 unspecified atom stereocenters. The predicted octanol–water partition coefficient (Wildman–Crippen LogP) is 5.80. The summed E-state index contributed by atoms with van der Waals surface area (Å²) in [6.45, 7) is 6.80. The van der Waals surface area contributed by atoms with Crippen LogP contribution in [0.3, 0.4) is 0 Å². The normalized spacial score (nSPS) is 12.4. The van der Waals surface area contributed by atoms with Gasteiger partial charge in [0, 0.05) is 11.7 Å². The molecule has 0 fully saturated rings. The molecule has 0 aromatic heterocycles. The van der Waals surface area contributed by atoms with E-state index in [2.05, 4.69) is 50.4 Å². The summed E-state index contributed by atoms with van der Waals surface area (Å²) in [5, 5.41) is 3.60. The molecule has 1 heteroatoms. The van der Waals surface area contributed by atoms with E-state index in [1.807, 2.05) is 0 Å². The highest BCUT2D eigenvalue weighted by Gasteiger charge is 2.02. The van der Waals surface area contributed by atoms with E-state index in [0.717, 1.165) is 0 Å². The number of unbranched alkanes of at least 4 members (excludes halogenated alkanes) is 4. The molecule has 1 aromatic rings. The van der Waals surface area contributed by atoms with E-state index in [4.69, 9.17) is 0 Å².